The molecule has 72 valence electrons. The molecule has 1 saturated carbocycles. The second kappa shape index (κ2) is 3.92. The normalized spacial score (nSPS) is 32.2. The summed E-state index contributed by atoms with van der Waals surface area (Å²) in [7, 11) is 0. The average molecular weight is 194 g/mol. The minimum absolute atomic E-state index is 0. The van der Waals surface area contributed by atoms with E-state index in [0.29, 0.717) is 0 Å². The summed E-state index contributed by atoms with van der Waals surface area (Å²) in [5, 5.41) is 12.3. The minimum atomic E-state index is 0. The van der Waals surface area contributed by atoms with Crippen LogP contribution in [0, 0.1) is 0 Å². The van der Waals surface area contributed by atoms with Crippen molar-refractivity contribution in [3.05, 3.63) is 0 Å². The van der Waals surface area contributed by atoms with Gasteiger partial charge < -0.3 is 15.2 Å². The van der Waals surface area contributed by atoms with Crippen molar-refractivity contribution in [2.24, 2.45) is 0 Å². The number of rotatable bonds is 1. The van der Waals surface area contributed by atoms with Crippen LogP contribution in [-0.2, 0) is 4.74 Å². The fourth-order valence-electron chi connectivity index (χ4n) is 2.02. The topological polar surface area (TPSA) is 41.5 Å². The molecule has 1 aliphatic carbocycles. The quantitative estimate of drug-likeness (QED) is 0.630. The molecule has 1 saturated heterocycles. The number of aliphatic hydroxyl groups excluding tert-OH is 1. The molecule has 0 aromatic heterocycles. The lowest BCUT2D eigenvalue weighted by Crippen LogP contribution is -2.62. The van der Waals surface area contributed by atoms with Crippen molar-refractivity contribution in [2.45, 2.75) is 30.9 Å². The predicted octanol–water partition coefficient (Wildman–Crippen LogP) is 0.312. The van der Waals surface area contributed by atoms with E-state index in [1.807, 2.05) is 0 Å². The molecule has 2 aliphatic rings. The standard InChI is InChI=1S/C8H15NO2.ClH/c10-6-7-8(2-1-3-8)11-5-4-9-7;/h7,9-10H,1-6H2;1H. The zero-order valence-corrected chi connectivity index (χ0v) is 7.90. The van der Waals surface area contributed by atoms with E-state index in [9.17, 15) is 0 Å². The Balaban J connectivity index is 0.000000720. The lowest BCUT2D eigenvalue weighted by Gasteiger charge is -2.49. The molecule has 0 radical (unpaired) electrons. The van der Waals surface area contributed by atoms with Gasteiger partial charge in [0, 0.05) is 6.54 Å². The molecule has 0 amide bonds. The molecule has 1 aliphatic heterocycles. The van der Waals surface area contributed by atoms with Gasteiger partial charge >= 0.3 is 0 Å². The maximum absolute atomic E-state index is 9.05. The third kappa shape index (κ3) is 1.46. The Kier molecular flexibility index (Phi) is 3.35. The Bertz CT molecular complexity index is 150. The molecule has 1 unspecified atom stereocenters. The minimum Gasteiger partial charge on any atom is -0.395 e. The van der Waals surface area contributed by atoms with Gasteiger partial charge in [0.25, 0.3) is 0 Å². The van der Waals surface area contributed by atoms with Crippen molar-refractivity contribution in [3.8, 4) is 0 Å². The van der Waals surface area contributed by atoms with Gasteiger partial charge in [0.2, 0.25) is 0 Å². The molecular weight excluding hydrogens is 178 g/mol. The first-order valence-electron chi connectivity index (χ1n) is 4.36. The highest BCUT2D eigenvalue weighted by atomic mass is 35.5. The average Bonchev–Trinajstić information content (AvgIpc) is 2.01. The Hall–Kier alpha value is 0.170. The van der Waals surface area contributed by atoms with Crippen molar-refractivity contribution in [2.75, 3.05) is 19.8 Å². The Morgan fingerprint density at radius 2 is 2.25 bits per heavy atom. The van der Waals surface area contributed by atoms with E-state index in [0.717, 1.165) is 26.0 Å². The summed E-state index contributed by atoms with van der Waals surface area (Å²) in [5.41, 5.74) is 0.00694. The number of hydrogen-bond donors (Lipinski definition) is 2. The molecule has 2 rings (SSSR count). The molecule has 1 heterocycles. The first-order chi connectivity index (χ1) is 5.37. The molecule has 0 aromatic carbocycles. The first kappa shape index (κ1) is 10.3. The number of ether oxygens (including phenoxy) is 1. The van der Waals surface area contributed by atoms with Crippen LogP contribution >= 0.6 is 12.4 Å². The number of halogens is 1. The predicted molar refractivity (Wildman–Crippen MR) is 48.7 cm³/mol. The maximum Gasteiger partial charge on any atom is 0.0857 e. The smallest absolute Gasteiger partial charge is 0.0857 e. The van der Waals surface area contributed by atoms with Crippen molar-refractivity contribution >= 4 is 12.4 Å². The number of morpholine rings is 1. The molecule has 0 aromatic rings. The van der Waals surface area contributed by atoms with Gasteiger partial charge in [-0.05, 0) is 19.3 Å². The second-order valence-electron chi connectivity index (χ2n) is 3.46. The molecular formula is C8H16ClNO2. The number of aliphatic hydroxyl groups is 1. The van der Waals surface area contributed by atoms with Crippen molar-refractivity contribution in [1.29, 1.82) is 0 Å². The summed E-state index contributed by atoms with van der Waals surface area (Å²) in [6, 6.07) is 0.185. The largest absolute Gasteiger partial charge is 0.395 e. The van der Waals surface area contributed by atoms with Gasteiger partial charge in [-0.2, -0.15) is 0 Å². The van der Waals surface area contributed by atoms with E-state index in [1.165, 1.54) is 6.42 Å². The van der Waals surface area contributed by atoms with Gasteiger partial charge in [-0.15, -0.1) is 12.4 Å². The van der Waals surface area contributed by atoms with Crippen LogP contribution < -0.4 is 5.32 Å². The van der Waals surface area contributed by atoms with Gasteiger partial charge in [-0.25, -0.2) is 0 Å². The van der Waals surface area contributed by atoms with Crippen molar-refractivity contribution in [1.82, 2.24) is 5.32 Å². The van der Waals surface area contributed by atoms with Crippen LogP contribution in [0.1, 0.15) is 19.3 Å². The molecule has 2 N–H and O–H groups in total. The summed E-state index contributed by atoms with van der Waals surface area (Å²) < 4.78 is 5.68. The van der Waals surface area contributed by atoms with E-state index in [2.05, 4.69) is 5.32 Å². The highest BCUT2D eigenvalue weighted by Gasteiger charge is 2.46. The Morgan fingerprint density at radius 1 is 1.50 bits per heavy atom. The summed E-state index contributed by atoms with van der Waals surface area (Å²) in [6.07, 6.45) is 3.48. The Morgan fingerprint density at radius 3 is 2.67 bits per heavy atom. The molecule has 0 bridgehead atoms. The second-order valence-corrected chi connectivity index (χ2v) is 3.46. The van der Waals surface area contributed by atoms with Crippen molar-refractivity contribution in [3.63, 3.8) is 0 Å². The van der Waals surface area contributed by atoms with Crippen LogP contribution in [0.2, 0.25) is 0 Å². The van der Waals surface area contributed by atoms with Gasteiger partial charge in [0.15, 0.2) is 0 Å². The van der Waals surface area contributed by atoms with E-state index in [-0.39, 0.29) is 30.7 Å². The van der Waals surface area contributed by atoms with Crippen LogP contribution in [0.15, 0.2) is 0 Å². The first-order valence-corrected chi connectivity index (χ1v) is 4.36. The molecule has 12 heavy (non-hydrogen) atoms. The molecule has 1 atom stereocenters. The highest BCUT2D eigenvalue weighted by Crippen LogP contribution is 2.39. The summed E-state index contributed by atoms with van der Waals surface area (Å²) in [5.74, 6) is 0. The van der Waals surface area contributed by atoms with Crippen LogP contribution in [0.3, 0.4) is 0 Å². The van der Waals surface area contributed by atoms with E-state index in [1.54, 1.807) is 0 Å². The lowest BCUT2D eigenvalue weighted by atomic mass is 9.74. The SMILES string of the molecule is Cl.OCC1NCCOC12CCC2. The number of hydrogen-bond acceptors (Lipinski definition) is 3. The van der Waals surface area contributed by atoms with Gasteiger partial charge in [0.1, 0.15) is 0 Å². The summed E-state index contributed by atoms with van der Waals surface area (Å²) in [6.45, 7) is 1.89. The van der Waals surface area contributed by atoms with Crippen LogP contribution in [0.25, 0.3) is 0 Å². The fourth-order valence-corrected chi connectivity index (χ4v) is 2.02. The van der Waals surface area contributed by atoms with Crippen LogP contribution in [-0.4, -0.2) is 36.5 Å². The third-order valence-corrected chi connectivity index (χ3v) is 2.90. The zero-order valence-electron chi connectivity index (χ0n) is 7.08. The third-order valence-electron chi connectivity index (χ3n) is 2.90. The van der Waals surface area contributed by atoms with E-state index in [4.69, 9.17) is 9.84 Å². The highest BCUT2D eigenvalue weighted by molar-refractivity contribution is 5.85. The van der Waals surface area contributed by atoms with Gasteiger partial charge in [-0.1, -0.05) is 0 Å². The van der Waals surface area contributed by atoms with E-state index < -0.39 is 0 Å². The summed E-state index contributed by atoms with van der Waals surface area (Å²) in [4.78, 5) is 0. The number of nitrogens with one attached hydrogen (secondary N) is 1. The molecule has 1 spiro atoms. The fraction of sp³-hybridized carbons (Fsp3) is 1.00. The van der Waals surface area contributed by atoms with Crippen LogP contribution in [0.4, 0.5) is 0 Å². The lowest BCUT2D eigenvalue weighted by molar-refractivity contribution is -0.152. The van der Waals surface area contributed by atoms with E-state index >= 15 is 0 Å². The zero-order chi connectivity index (χ0) is 7.73. The van der Waals surface area contributed by atoms with Crippen molar-refractivity contribution < 1.29 is 9.84 Å². The molecule has 3 nitrogen and oxygen atoms in total. The van der Waals surface area contributed by atoms with Gasteiger partial charge in [-0.3, -0.25) is 0 Å². The molecule has 4 heteroatoms. The summed E-state index contributed by atoms with van der Waals surface area (Å²) >= 11 is 0. The van der Waals surface area contributed by atoms with Gasteiger partial charge in [0.05, 0.1) is 24.9 Å². The molecule has 2 fully saturated rings. The Labute approximate surface area is 78.9 Å². The maximum atomic E-state index is 9.05. The van der Waals surface area contributed by atoms with Crippen LogP contribution in [0.5, 0.6) is 0 Å². The monoisotopic (exact) mass is 193 g/mol.